The molecule has 0 spiro atoms. The summed E-state index contributed by atoms with van der Waals surface area (Å²) in [5.41, 5.74) is 0.751. The molecule has 25 heavy (non-hydrogen) atoms. The monoisotopic (exact) mass is 361 g/mol. The molecular weight excluding hydrogens is 338 g/mol. The Morgan fingerprint density at radius 1 is 1.12 bits per heavy atom. The largest absolute Gasteiger partial charge is 0.496 e. The first-order valence-electron chi connectivity index (χ1n) is 7.92. The van der Waals surface area contributed by atoms with Crippen LogP contribution < -0.4 is 14.2 Å². The smallest absolute Gasteiger partial charge is 0.246 e. The van der Waals surface area contributed by atoms with Gasteiger partial charge in [-0.25, -0.2) is 0 Å². The van der Waals surface area contributed by atoms with Crippen LogP contribution in [0.1, 0.15) is 17.4 Å². The second kappa shape index (κ2) is 9.13. The molecule has 5 nitrogen and oxygen atoms in total. The normalized spacial score (nSPS) is 10.7. The molecule has 0 bridgehead atoms. The first kappa shape index (κ1) is 18.9. The van der Waals surface area contributed by atoms with Gasteiger partial charge in [-0.05, 0) is 30.5 Å². The molecule has 134 valence electrons. The van der Waals surface area contributed by atoms with Crippen molar-refractivity contribution in [3.8, 4) is 17.2 Å². The van der Waals surface area contributed by atoms with E-state index >= 15 is 0 Å². The van der Waals surface area contributed by atoms with Gasteiger partial charge in [0.05, 0.1) is 27.9 Å². The first-order valence-corrected chi connectivity index (χ1v) is 8.80. The van der Waals surface area contributed by atoms with E-state index in [9.17, 15) is 4.79 Å². The summed E-state index contributed by atoms with van der Waals surface area (Å²) in [7, 11) is 4.72. The Morgan fingerprint density at radius 2 is 1.80 bits per heavy atom. The zero-order valence-electron chi connectivity index (χ0n) is 14.9. The SMILES string of the molecule is CCN(Cc1cccs1)C(=O)/C=C/c1cc(OC)c(OC)cc1OC. The molecule has 1 amide bonds. The van der Waals surface area contributed by atoms with Gasteiger partial charge in [-0.15, -0.1) is 11.3 Å². The molecular formula is C19H23NO4S. The molecule has 1 heterocycles. The average molecular weight is 361 g/mol. The van der Waals surface area contributed by atoms with Crippen molar-refractivity contribution in [3.05, 3.63) is 46.2 Å². The lowest BCUT2D eigenvalue weighted by molar-refractivity contribution is -0.126. The van der Waals surface area contributed by atoms with Gasteiger partial charge in [0.1, 0.15) is 5.75 Å². The molecule has 2 rings (SSSR count). The van der Waals surface area contributed by atoms with Crippen molar-refractivity contribution in [1.29, 1.82) is 0 Å². The van der Waals surface area contributed by atoms with Crippen molar-refractivity contribution in [3.63, 3.8) is 0 Å². The van der Waals surface area contributed by atoms with Crippen molar-refractivity contribution < 1.29 is 19.0 Å². The van der Waals surface area contributed by atoms with Gasteiger partial charge in [0.25, 0.3) is 0 Å². The van der Waals surface area contributed by atoms with Crippen molar-refractivity contribution >= 4 is 23.3 Å². The topological polar surface area (TPSA) is 48.0 Å². The van der Waals surface area contributed by atoms with Crippen LogP contribution in [0.15, 0.2) is 35.7 Å². The number of methoxy groups -OCH3 is 3. The summed E-state index contributed by atoms with van der Waals surface area (Å²) in [6.07, 6.45) is 3.29. The molecule has 0 fully saturated rings. The van der Waals surface area contributed by atoms with E-state index in [1.165, 1.54) is 0 Å². The Balaban J connectivity index is 2.20. The van der Waals surface area contributed by atoms with E-state index in [1.54, 1.807) is 61.9 Å². The van der Waals surface area contributed by atoms with Crippen LogP contribution in [-0.2, 0) is 11.3 Å². The second-order valence-corrected chi connectivity index (χ2v) is 6.25. The molecule has 0 radical (unpaired) electrons. The highest BCUT2D eigenvalue weighted by atomic mass is 32.1. The number of rotatable bonds is 8. The third-order valence-electron chi connectivity index (χ3n) is 3.76. The number of hydrogen-bond acceptors (Lipinski definition) is 5. The highest BCUT2D eigenvalue weighted by Crippen LogP contribution is 2.35. The molecule has 2 aromatic rings. The molecule has 1 aromatic carbocycles. The van der Waals surface area contributed by atoms with Crippen molar-refractivity contribution in [2.24, 2.45) is 0 Å². The minimum atomic E-state index is -0.0484. The van der Waals surface area contributed by atoms with Crippen LogP contribution in [0, 0.1) is 0 Å². The molecule has 0 N–H and O–H groups in total. The molecule has 0 atom stereocenters. The molecule has 0 aliphatic heterocycles. The van der Waals surface area contributed by atoms with Gasteiger partial charge in [-0.2, -0.15) is 0 Å². The lowest BCUT2D eigenvalue weighted by Gasteiger charge is -2.18. The number of likely N-dealkylation sites (N-methyl/N-ethyl adjacent to an activating group) is 1. The molecule has 0 unspecified atom stereocenters. The number of nitrogens with zero attached hydrogens (tertiary/aromatic N) is 1. The summed E-state index contributed by atoms with van der Waals surface area (Å²) < 4.78 is 16.0. The molecule has 0 aliphatic rings. The van der Waals surface area contributed by atoms with Crippen LogP contribution in [-0.4, -0.2) is 38.7 Å². The Bertz CT molecular complexity index is 725. The van der Waals surface area contributed by atoms with E-state index in [1.807, 2.05) is 24.4 Å². The summed E-state index contributed by atoms with van der Waals surface area (Å²) >= 11 is 1.65. The van der Waals surface area contributed by atoms with Crippen LogP contribution in [0.5, 0.6) is 17.2 Å². The third-order valence-corrected chi connectivity index (χ3v) is 4.62. The fourth-order valence-corrected chi connectivity index (χ4v) is 3.11. The summed E-state index contributed by atoms with van der Waals surface area (Å²) in [6, 6.07) is 7.55. The van der Waals surface area contributed by atoms with Gasteiger partial charge in [-0.3, -0.25) is 4.79 Å². The summed E-state index contributed by atoms with van der Waals surface area (Å²) in [6.45, 7) is 3.22. The fourth-order valence-electron chi connectivity index (χ4n) is 2.39. The standard InChI is InChI=1S/C19H23NO4S/c1-5-20(13-15-7-6-10-25-15)19(21)9-8-14-11-17(23-3)18(24-4)12-16(14)22-2/h6-12H,5,13H2,1-4H3/b9-8+. The molecule has 0 saturated heterocycles. The van der Waals surface area contributed by atoms with E-state index in [4.69, 9.17) is 14.2 Å². The van der Waals surface area contributed by atoms with Gasteiger partial charge in [0.15, 0.2) is 11.5 Å². The van der Waals surface area contributed by atoms with E-state index in [-0.39, 0.29) is 5.91 Å². The number of amides is 1. The fraction of sp³-hybridized carbons (Fsp3) is 0.316. The van der Waals surface area contributed by atoms with Gasteiger partial charge in [0.2, 0.25) is 5.91 Å². The quantitative estimate of drug-likeness (QED) is 0.671. The Labute approximate surface area is 152 Å². The lowest BCUT2D eigenvalue weighted by Crippen LogP contribution is -2.28. The van der Waals surface area contributed by atoms with Gasteiger partial charge in [0, 0.05) is 29.1 Å². The number of thiophene rings is 1. The Morgan fingerprint density at radius 3 is 2.36 bits per heavy atom. The van der Waals surface area contributed by atoms with E-state index in [2.05, 4.69) is 0 Å². The average Bonchev–Trinajstić information content (AvgIpc) is 3.16. The summed E-state index contributed by atoms with van der Waals surface area (Å²) in [4.78, 5) is 15.4. The minimum Gasteiger partial charge on any atom is -0.496 e. The van der Waals surface area contributed by atoms with E-state index in [0.29, 0.717) is 30.3 Å². The highest BCUT2D eigenvalue weighted by molar-refractivity contribution is 7.09. The van der Waals surface area contributed by atoms with Crippen LogP contribution in [0.3, 0.4) is 0 Å². The summed E-state index contributed by atoms with van der Waals surface area (Å²) in [5, 5.41) is 2.01. The van der Waals surface area contributed by atoms with Crippen molar-refractivity contribution in [2.75, 3.05) is 27.9 Å². The van der Waals surface area contributed by atoms with Gasteiger partial charge >= 0.3 is 0 Å². The molecule has 0 saturated carbocycles. The number of hydrogen-bond donors (Lipinski definition) is 0. The second-order valence-electron chi connectivity index (χ2n) is 5.21. The Kier molecular flexibility index (Phi) is 6.89. The maximum absolute atomic E-state index is 12.5. The molecule has 6 heteroatoms. The number of carbonyl (C=O) groups excluding carboxylic acids is 1. The van der Waals surface area contributed by atoms with Crippen molar-refractivity contribution in [2.45, 2.75) is 13.5 Å². The van der Waals surface area contributed by atoms with Crippen LogP contribution in [0.25, 0.3) is 6.08 Å². The number of carbonyl (C=O) groups is 1. The first-order chi connectivity index (χ1) is 12.1. The number of ether oxygens (including phenoxy) is 3. The lowest BCUT2D eigenvalue weighted by atomic mass is 10.1. The zero-order valence-corrected chi connectivity index (χ0v) is 15.8. The van der Waals surface area contributed by atoms with E-state index < -0.39 is 0 Å². The van der Waals surface area contributed by atoms with Crippen LogP contribution in [0.4, 0.5) is 0 Å². The maximum atomic E-state index is 12.5. The summed E-state index contributed by atoms with van der Waals surface area (Å²) in [5.74, 6) is 1.73. The van der Waals surface area contributed by atoms with Gasteiger partial charge in [-0.1, -0.05) is 6.07 Å². The van der Waals surface area contributed by atoms with Gasteiger partial charge < -0.3 is 19.1 Å². The molecule has 1 aromatic heterocycles. The van der Waals surface area contributed by atoms with Crippen molar-refractivity contribution in [1.82, 2.24) is 4.90 Å². The third kappa shape index (κ3) is 4.76. The molecule has 0 aliphatic carbocycles. The van der Waals surface area contributed by atoms with E-state index in [0.717, 1.165) is 10.4 Å². The van der Waals surface area contributed by atoms with Crippen LogP contribution >= 0.6 is 11.3 Å². The predicted molar refractivity (Wildman–Crippen MR) is 101 cm³/mol. The maximum Gasteiger partial charge on any atom is 0.246 e. The Hall–Kier alpha value is -2.47. The number of benzene rings is 1. The van der Waals surface area contributed by atoms with Crippen LogP contribution in [0.2, 0.25) is 0 Å². The highest BCUT2D eigenvalue weighted by Gasteiger charge is 2.12. The zero-order chi connectivity index (χ0) is 18.2. The predicted octanol–water partition coefficient (Wildman–Crippen LogP) is 3.84. The minimum absolute atomic E-state index is 0.0484.